The number of ether oxygens (including phenoxy) is 3. The molecule has 0 bridgehead atoms. The largest absolute Gasteiger partial charge is 0.466 e. The molecule has 0 saturated heterocycles. The Balaban J connectivity index is 4.04. The van der Waals surface area contributed by atoms with Crippen LogP contribution in [0.1, 0.15) is 220 Å². The molecule has 0 aliphatic heterocycles. The monoisotopic (exact) mass is 740 g/mol. The SMILES string of the molecule is CCCCCCCCC(CCCCCCCC)OC(=O)CCCCCCN(CCO)CCCCCC(=O)OC(C)CCCCCCCCOC(C)=O. The molecule has 0 aromatic heterocycles. The average molecular weight is 740 g/mol. The Morgan fingerprint density at radius 2 is 0.942 bits per heavy atom. The van der Waals surface area contributed by atoms with Crippen molar-refractivity contribution < 1.29 is 33.7 Å². The number of carbonyl (C=O) groups is 3. The highest BCUT2D eigenvalue weighted by atomic mass is 16.5. The summed E-state index contributed by atoms with van der Waals surface area (Å²) in [6, 6.07) is 0. The zero-order chi connectivity index (χ0) is 38.3. The minimum atomic E-state index is -0.209. The van der Waals surface area contributed by atoms with Crippen LogP contribution >= 0.6 is 0 Å². The van der Waals surface area contributed by atoms with Gasteiger partial charge >= 0.3 is 17.9 Å². The van der Waals surface area contributed by atoms with Gasteiger partial charge in [-0.1, -0.05) is 123 Å². The van der Waals surface area contributed by atoms with Gasteiger partial charge in [0.1, 0.15) is 6.10 Å². The van der Waals surface area contributed by atoms with Crippen LogP contribution in [0.2, 0.25) is 0 Å². The van der Waals surface area contributed by atoms with E-state index in [2.05, 4.69) is 18.7 Å². The number of hydrogen-bond donors (Lipinski definition) is 1. The summed E-state index contributed by atoms with van der Waals surface area (Å²) < 4.78 is 16.6. The van der Waals surface area contributed by atoms with Gasteiger partial charge in [0.15, 0.2) is 0 Å². The van der Waals surface area contributed by atoms with Gasteiger partial charge in [0.25, 0.3) is 0 Å². The maximum absolute atomic E-state index is 12.7. The first-order valence-electron chi connectivity index (χ1n) is 22.2. The van der Waals surface area contributed by atoms with Crippen molar-refractivity contribution in [2.45, 2.75) is 233 Å². The highest BCUT2D eigenvalue weighted by molar-refractivity contribution is 5.69. The van der Waals surface area contributed by atoms with Crippen molar-refractivity contribution in [3.8, 4) is 0 Å². The van der Waals surface area contributed by atoms with E-state index < -0.39 is 0 Å². The predicted molar refractivity (Wildman–Crippen MR) is 215 cm³/mol. The molecule has 1 unspecified atom stereocenters. The summed E-state index contributed by atoms with van der Waals surface area (Å²) in [6.45, 7) is 11.2. The third-order valence-electron chi connectivity index (χ3n) is 10.1. The van der Waals surface area contributed by atoms with Gasteiger partial charge in [-0.2, -0.15) is 0 Å². The van der Waals surface area contributed by atoms with E-state index in [1.54, 1.807) is 0 Å². The number of hydrogen-bond acceptors (Lipinski definition) is 8. The van der Waals surface area contributed by atoms with Gasteiger partial charge in [0, 0.05) is 26.3 Å². The van der Waals surface area contributed by atoms with E-state index in [0.29, 0.717) is 26.0 Å². The van der Waals surface area contributed by atoms with Crippen molar-refractivity contribution in [3.63, 3.8) is 0 Å². The predicted octanol–water partition coefficient (Wildman–Crippen LogP) is 11.4. The molecule has 0 heterocycles. The van der Waals surface area contributed by atoms with Crippen LogP contribution in [-0.2, 0) is 28.6 Å². The number of unbranched alkanes of at least 4 members (excludes halogenated alkanes) is 20. The van der Waals surface area contributed by atoms with Gasteiger partial charge in [0.2, 0.25) is 0 Å². The number of aliphatic hydroxyl groups is 1. The Morgan fingerprint density at radius 3 is 1.46 bits per heavy atom. The van der Waals surface area contributed by atoms with Gasteiger partial charge in [-0.3, -0.25) is 14.4 Å². The molecule has 0 radical (unpaired) electrons. The summed E-state index contributed by atoms with van der Waals surface area (Å²) >= 11 is 0. The average Bonchev–Trinajstić information content (AvgIpc) is 3.11. The number of aliphatic hydroxyl groups excluding tert-OH is 1. The van der Waals surface area contributed by atoms with Crippen molar-refractivity contribution in [2.24, 2.45) is 0 Å². The first kappa shape index (κ1) is 50.3. The van der Waals surface area contributed by atoms with Crippen LogP contribution in [0.25, 0.3) is 0 Å². The van der Waals surface area contributed by atoms with E-state index in [4.69, 9.17) is 14.2 Å². The molecule has 308 valence electrons. The first-order chi connectivity index (χ1) is 25.3. The molecule has 52 heavy (non-hydrogen) atoms. The van der Waals surface area contributed by atoms with Crippen LogP contribution in [0.15, 0.2) is 0 Å². The molecule has 0 aromatic carbocycles. The van der Waals surface area contributed by atoms with E-state index in [-0.39, 0.29) is 36.7 Å². The Bertz CT molecular complexity index is 791. The number of carbonyl (C=O) groups excluding carboxylic acids is 3. The summed E-state index contributed by atoms with van der Waals surface area (Å²) in [4.78, 5) is 38.1. The molecule has 0 amide bonds. The maximum Gasteiger partial charge on any atom is 0.306 e. The molecule has 0 fully saturated rings. The molecule has 0 rings (SSSR count). The topological polar surface area (TPSA) is 102 Å². The van der Waals surface area contributed by atoms with E-state index >= 15 is 0 Å². The second-order valence-electron chi connectivity index (χ2n) is 15.3. The number of esters is 3. The van der Waals surface area contributed by atoms with Crippen LogP contribution in [0, 0.1) is 0 Å². The van der Waals surface area contributed by atoms with Gasteiger partial charge in [-0.25, -0.2) is 0 Å². The van der Waals surface area contributed by atoms with Crippen LogP contribution in [-0.4, -0.2) is 73.0 Å². The molecular formula is C44H85NO7. The molecule has 0 aliphatic rings. The van der Waals surface area contributed by atoms with Gasteiger partial charge in [-0.15, -0.1) is 0 Å². The number of nitrogens with zero attached hydrogens (tertiary/aromatic N) is 1. The summed E-state index contributed by atoms with van der Waals surface area (Å²) in [6.07, 6.45) is 32.6. The highest BCUT2D eigenvalue weighted by Gasteiger charge is 2.15. The third-order valence-corrected chi connectivity index (χ3v) is 10.1. The second kappa shape index (κ2) is 39.0. The van der Waals surface area contributed by atoms with E-state index in [9.17, 15) is 19.5 Å². The minimum Gasteiger partial charge on any atom is -0.466 e. The summed E-state index contributed by atoms with van der Waals surface area (Å²) in [5.74, 6) is -0.321. The molecule has 8 heteroatoms. The van der Waals surface area contributed by atoms with Crippen molar-refractivity contribution in [1.82, 2.24) is 4.90 Å². The van der Waals surface area contributed by atoms with Crippen molar-refractivity contribution >= 4 is 17.9 Å². The first-order valence-corrected chi connectivity index (χ1v) is 22.2. The zero-order valence-electron chi connectivity index (χ0n) is 34.7. The molecule has 1 N–H and O–H groups in total. The molecule has 0 aliphatic carbocycles. The van der Waals surface area contributed by atoms with Gasteiger partial charge in [0.05, 0.1) is 19.3 Å². The van der Waals surface area contributed by atoms with Crippen LogP contribution in [0.3, 0.4) is 0 Å². The van der Waals surface area contributed by atoms with E-state index in [0.717, 1.165) is 116 Å². The fourth-order valence-electron chi connectivity index (χ4n) is 6.83. The quantitative estimate of drug-likeness (QED) is 0.0376. The molecular weight excluding hydrogens is 654 g/mol. The zero-order valence-corrected chi connectivity index (χ0v) is 34.7. The molecule has 0 spiro atoms. The third kappa shape index (κ3) is 36.7. The Kier molecular flexibility index (Phi) is 37.8. The lowest BCUT2D eigenvalue weighted by Gasteiger charge is -2.21. The molecule has 0 saturated carbocycles. The Hall–Kier alpha value is -1.67. The summed E-state index contributed by atoms with van der Waals surface area (Å²) in [5, 5.41) is 9.56. The standard InChI is InChI=1S/C44H85NO7/c1-5-7-9-11-16-23-31-42(32-24-17-12-10-8-6-2)52-44(49)34-25-18-19-27-35-45(37-38-46)36-28-21-26-33-43(48)51-40(3)30-22-15-13-14-20-29-39-50-41(4)47/h40,42,46H,5-39H2,1-4H3. The van der Waals surface area contributed by atoms with E-state index in [1.165, 1.54) is 84.0 Å². The maximum atomic E-state index is 12.7. The van der Waals surface area contributed by atoms with E-state index in [1.807, 2.05) is 6.92 Å². The Labute approximate surface area is 321 Å². The Morgan fingerprint density at radius 1 is 0.519 bits per heavy atom. The van der Waals surface area contributed by atoms with Crippen LogP contribution < -0.4 is 0 Å². The smallest absolute Gasteiger partial charge is 0.306 e. The van der Waals surface area contributed by atoms with Crippen molar-refractivity contribution in [2.75, 3.05) is 32.8 Å². The van der Waals surface area contributed by atoms with Gasteiger partial charge in [-0.05, 0) is 90.6 Å². The van der Waals surface area contributed by atoms with Crippen LogP contribution in [0.5, 0.6) is 0 Å². The van der Waals surface area contributed by atoms with Crippen LogP contribution in [0.4, 0.5) is 0 Å². The second-order valence-corrected chi connectivity index (χ2v) is 15.3. The van der Waals surface area contributed by atoms with Crippen molar-refractivity contribution in [3.05, 3.63) is 0 Å². The summed E-state index contributed by atoms with van der Waals surface area (Å²) in [7, 11) is 0. The lowest BCUT2D eigenvalue weighted by molar-refractivity contribution is -0.150. The fourth-order valence-corrected chi connectivity index (χ4v) is 6.83. The lowest BCUT2D eigenvalue weighted by atomic mass is 10.0. The minimum absolute atomic E-state index is 0.0145. The number of rotatable bonds is 40. The molecule has 8 nitrogen and oxygen atoms in total. The van der Waals surface area contributed by atoms with Gasteiger partial charge < -0.3 is 24.2 Å². The molecule has 1 atom stereocenters. The normalized spacial score (nSPS) is 12.1. The highest BCUT2D eigenvalue weighted by Crippen LogP contribution is 2.18. The van der Waals surface area contributed by atoms with Crippen molar-refractivity contribution in [1.29, 1.82) is 0 Å². The summed E-state index contributed by atoms with van der Waals surface area (Å²) in [5.41, 5.74) is 0. The molecule has 0 aromatic rings. The lowest BCUT2D eigenvalue weighted by Crippen LogP contribution is -2.29. The fraction of sp³-hybridized carbons (Fsp3) is 0.932.